The van der Waals surface area contributed by atoms with E-state index in [2.05, 4.69) is 9.97 Å². The number of hydrogen-bond acceptors (Lipinski definition) is 5. The molecule has 1 amide bonds. The molecule has 1 aromatic rings. The molecule has 0 bridgehead atoms. The van der Waals surface area contributed by atoms with Crippen LogP contribution in [-0.2, 0) is 9.53 Å². The Morgan fingerprint density at radius 1 is 1.29 bits per heavy atom. The highest BCUT2D eigenvalue weighted by Gasteiger charge is 2.32. The van der Waals surface area contributed by atoms with E-state index in [0.717, 1.165) is 32.1 Å². The van der Waals surface area contributed by atoms with Crippen molar-refractivity contribution in [3.05, 3.63) is 18.3 Å². The monoisotopic (exact) mass is 294 g/mol. The molecule has 7 heteroatoms. The third kappa shape index (κ3) is 3.12. The highest BCUT2D eigenvalue weighted by Crippen LogP contribution is 2.19. The van der Waals surface area contributed by atoms with Crippen LogP contribution in [0.2, 0.25) is 0 Å². The Balaban J connectivity index is 1.68. The van der Waals surface area contributed by atoms with E-state index in [1.54, 1.807) is 4.90 Å². The summed E-state index contributed by atoms with van der Waals surface area (Å²) in [4.78, 5) is 23.7. The van der Waals surface area contributed by atoms with Gasteiger partial charge in [-0.05, 0) is 19.3 Å². The first kappa shape index (κ1) is 14.2. The lowest BCUT2D eigenvalue weighted by Crippen LogP contribution is -2.52. The van der Waals surface area contributed by atoms with E-state index >= 15 is 0 Å². The molecule has 0 aliphatic carbocycles. The van der Waals surface area contributed by atoms with Crippen molar-refractivity contribution in [2.24, 2.45) is 0 Å². The Hall–Kier alpha value is -1.76. The number of carbonyl (C=O) groups excluding carboxylic acids is 1. The van der Waals surface area contributed by atoms with Crippen LogP contribution in [0.25, 0.3) is 0 Å². The van der Waals surface area contributed by atoms with E-state index in [1.807, 2.05) is 4.90 Å². The third-order valence-electron chi connectivity index (χ3n) is 3.96. The fourth-order valence-corrected chi connectivity index (χ4v) is 2.85. The molecule has 1 aromatic heterocycles. The van der Waals surface area contributed by atoms with Crippen LogP contribution in [0.5, 0.6) is 0 Å². The van der Waals surface area contributed by atoms with Crippen molar-refractivity contribution >= 4 is 11.7 Å². The van der Waals surface area contributed by atoms with Crippen LogP contribution in [0.4, 0.5) is 10.2 Å². The minimum atomic E-state index is -0.536. The summed E-state index contributed by atoms with van der Waals surface area (Å²) >= 11 is 0. The molecule has 3 heterocycles. The van der Waals surface area contributed by atoms with E-state index in [-0.39, 0.29) is 11.7 Å². The molecular weight excluding hydrogens is 275 g/mol. The van der Waals surface area contributed by atoms with Crippen LogP contribution >= 0.6 is 0 Å². The van der Waals surface area contributed by atoms with Gasteiger partial charge in [0.1, 0.15) is 6.33 Å². The Kier molecular flexibility index (Phi) is 4.28. The summed E-state index contributed by atoms with van der Waals surface area (Å²) in [5.74, 6) is -0.220. The fourth-order valence-electron chi connectivity index (χ4n) is 2.85. The topological polar surface area (TPSA) is 58.6 Å². The number of amides is 1. The Morgan fingerprint density at radius 3 is 2.86 bits per heavy atom. The summed E-state index contributed by atoms with van der Waals surface area (Å²) in [6.45, 7) is 2.84. The minimum absolute atomic E-state index is 0.00821. The molecule has 1 atom stereocenters. The molecule has 3 rings (SSSR count). The van der Waals surface area contributed by atoms with Crippen molar-refractivity contribution in [3.8, 4) is 0 Å². The van der Waals surface area contributed by atoms with Gasteiger partial charge in [0, 0.05) is 19.6 Å². The maximum atomic E-state index is 13.8. The van der Waals surface area contributed by atoms with Crippen LogP contribution < -0.4 is 4.90 Å². The Labute approximate surface area is 122 Å². The van der Waals surface area contributed by atoms with Gasteiger partial charge < -0.3 is 14.5 Å². The largest absolute Gasteiger partial charge is 0.365 e. The average Bonchev–Trinajstić information content (AvgIpc) is 2.55. The lowest BCUT2D eigenvalue weighted by Gasteiger charge is -2.36. The first-order valence-electron chi connectivity index (χ1n) is 7.36. The van der Waals surface area contributed by atoms with Gasteiger partial charge in [-0.15, -0.1) is 0 Å². The zero-order valence-electron chi connectivity index (χ0n) is 11.9. The molecule has 0 saturated carbocycles. The van der Waals surface area contributed by atoms with Crippen molar-refractivity contribution in [1.82, 2.24) is 14.9 Å². The number of nitrogens with zero attached hydrogens (tertiary/aromatic N) is 4. The second kappa shape index (κ2) is 6.34. The van der Waals surface area contributed by atoms with E-state index in [9.17, 15) is 9.18 Å². The maximum Gasteiger partial charge on any atom is 0.253 e. The van der Waals surface area contributed by atoms with Crippen LogP contribution in [0.15, 0.2) is 12.5 Å². The molecule has 0 spiro atoms. The number of ether oxygens (including phenoxy) is 1. The normalized spacial score (nSPS) is 23.2. The van der Waals surface area contributed by atoms with E-state index < -0.39 is 11.9 Å². The molecule has 2 saturated heterocycles. The van der Waals surface area contributed by atoms with Gasteiger partial charge in [0.15, 0.2) is 17.7 Å². The zero-order chi connectivity index (χ0) is 14.7. The minimum Gasteiger partial charge on any atom is -0.365 e. The van der Waals surface area contributed by atoms with Crippen molar-refractivity contribution in [2.75, 3.05) is 37.7 Å². The third-order valence-corrected chi connectivity index (χ3v) is 3.96. The summed E-state index contributed by atoms with van der Waals surface area (Å²) in [5.41, 5.74) is 0. The quantitative estimate of drug-likeness (QED) is 0.809. The van der Waals surface area contributed by atoms with Gasteiger partial charge in [0.05, 0.1) is 19.3 Å². The highest BCUT2D eigenvalue weighted by molar-refractivity contribution is 5.82. The second-order valence-corrected chi connectivity index (χ2v) is 5.39. The van der Waals surface area contributed by atoms with Gasteiger partial charge in [-0.3, -0.25) is 4.79 Å². The number of rotatable bonds is 2. The molecule has 1 unspecified atom stereocenters. The predicted molar refractivity (Wildman–Crippen MR) is 74.4 cm³/mol. The number of carbonyl (C=O) groups is 1. The molecule has 0 N–H and O–H groups in total. The molecule has 21 heavy (non-hydrogen) atoms. The lowest BCUT2D eigenvalue weighted by atomic mass is 10.1. The zero-order valence-corrected chi connectivity index (χ0v) is 11.9. The van der Waals surface area contributed by atoms with Crippen LogP contribution in [0.1, 0.15) is 19.3 Å². The number of piperidine rings is 1. The molecule has 2 fully saturated rings. The summed E-state index contributed by atoms with van der Waals surface area (Å²) in [5, 5.41) is 0. The maximum absolute atomic E-state index is 13.8. The molecule has 114 valence electrons. The summed E-state index contributed by atoms with van der Waals surface area (Å²) in [7, 11) is 0. The number of morpholine rings is 1. The number of anilines is 1. The summed E-state index contributed by atoms with van der Waals surface area (Å²) < 4.78 is 19.3. The number of hydrogen-bond donors (Lipinski definition) is 0. The summed E-state index contributed by atoms with van der Waals surface area (Å²) in [6.07, 6.45) is 5.18. The van der Waals surface area contributed by atoms with Gasteiger partial charge in [-0.25, -0.2) is 14.4 Å². The van der Waals surface area contributed by atoms with E-state index in [4.69, 9.17) is 4.74 Å². The standard InChI is InChI=1S/C14H19FN4O2/c15-11-8-16-10-17-13(11)19-6-7-21-12(9-19)14(20)18-4-2-1-3-5-18/h8,10,12H,1-7,9H2. The van der Waals surface area contributed by atoms with Crippen LogP contribution in [0, 0.1) is 5.82 Å². The summed E-state index contributed by atoms with van der Waals surface area (Å²) in [6, 6.07) is 0. The molecule has 2 aliphatic heterocycles. The first-order chi connectivity index (χ1) is 10.3. The Morgan fingerprint density at radius 2 is 2.10 bits per heavy atom. The Bertz CT molecular complexity index is 508. The predicted octanol–water partition coefficient (Wildman–Crippen LogP) is 0.833. The van der Waals surface area contributed by atoms with Gasteiger partial charge >= 0.3 is 0 Å². The molecule has 6 nitrogen and oxygen atoms in total. The van der Waals surface area contributed by atoms with Crippen LogP contribution in [0.3, 0.4) is 0 Å². The molecule has 0 radical (unpaired) electrons. The van der Waals surface area contributed by atoms with Crippen LogP contribution in [-0.4, -0.2) is 59.7 Å². The van der Waals surface area contributed by atoms with E-state index in [1.165, 1.54) is 12.7 Å². The number of halogens is 1. The fraction of sp³-hybridized carbons (Fsp3) is 0.643. The highest BCUT2D eigenvalue weighted by atomic mass is 19.1. The van der Waals surface area contributed by atoms with Gasteiger partial charge in [-0.2, -0.15) is 0 Å². The van der Waals surface area contributed by atoms with Crippen molar-refractivity contribution < 1.29 is 13.9 Å². The average molecular weight is 294 g/mol. The van der Waals surface area contributed by atoms with Gasteiger partial charge in [0.2, 0.25) is 0 Å². The van der Waals surface area contributed by atoms with Gasteiger partial charge in [0.25, 0.3) is 5.91 Å². The van der Waals surface area contributed by atoms with Crippen molar-refractivity contribution in [1.29, 1.82) is 0 Å². The second-order valence-electron chi connectivity index (χ2n) is 5.39. The van der Waals surface area contributed by atoms with Crippen molar-refractivity contribution in [2.45, 2.75) is 25.4 Å². The van der Waals surface area contributed by atoms with E-state index in [0.29, 0.717) is 19.7 Å². The SMILES string of the molecule is O=C(C1CN(c2ncncc2F)CCO1)N1CCCCC1. The smallest absolute Gasteiger partial charge is 0.253 e. The number of likely N-dealkylation sites (tertiary alicyclic amines) is 1. The molecular formula is C14H19FN4O2. The lowest BCUT2D eigenvalue weighted by molar-refractivity contribution is -0.145. The first-order valence-corrected chi connectivity index (χ1v) is 7.36. The molecule has 2 aliphatic rings. The molecule has 0 aromatic carbocycles. The van der Waals surface area contributed by atoms with Gasteiger partial charge in [-0.1, -0.05) is 0 Å². The van der Waals surface area contributed by atoms with Crippen molar-refractivity contribution in [3.63, 3.8) is 0 Å². The number of aromatic nitrogens is 2.